The lowest BCUT2D eigenvalue weighted by atomic mass is 10.0. The summed E-state index contributed by atoms with van der Waals surface area (Å²) in [6.45, 7) is 1.97. The van der Waals surface area contributed by atoms with Crippen molar-refractivity contribution in [2.24, 2.45) is 5.73 Å². The summed E-state index contributed by atoms with van der Waals surface area (Å²) in [6.07, 6.45) is 2.07. The first-order valence-corrected chi connectivity index (χ1v) is 7.36. The molecule has 1 aromatic rings. The van der Waals surface area contributed by atoms with Gasteiger partial charge in [0.15, 0.2) is 0 Å². The average molecular weight is 285 g/mol. The van der Waals surface area contributed by atoms with Crippen LogP contribution in [0.25, 0.3) is 0 Å². The number of piperidine rings is 1. The van der Waals surface area contributed by atoms with Crippen molar-refractivity contribution >= 4 is 5.91 Å². The third kappa shape index (κ3) is 4.07. The summed E-state index contributed by atoms with van der Waals surface area (Å²) in [6, 6.07) is 8.06. The van der Waals surface area contributed by atoms with Gasteiger partial charge in [0.1, 0.15) is 0 Å². The Bertz CT molecular complexity index is 549. The minimum Gasteiger partial charge on any atom is -0.339 e. The fraction of sp³-hybridized carbons (Fsp3) is 0.471. The average Bonchev–Trinajstić information content (AvgIpc) is 2.52. The smallest absolute Gasteiger partial charge is 0.253 e. The molecule has 4 nitrogen and oxygen atoms in total. The number of amides is 1. The predicted molar refractivity (Wildman–Crippen MR) is 85.0 cm³/mol. The zero-order chi connectivity index (χ0) is 15.2. The van der Waals surface area contributed by atoms with E-state index in [2.05, 4.69) is 30.8 Å². The van der Waals surface area contributed by atoms with Gasteiger partial charge in [0.2, 0.25) is 0 Å². The van der Waals surface area contributed by atoms with Gasteiger partial charge in [-0.3, -0.25) is 4.79 Å². The van der Waals surface area contributed by atoms with E-state index in [-0.39, 0.29) is 5.91 Å². The molecular formula is C17H23N3O. The number of hydrogen-bond acceptors (Lipinski definition) is 3. The van der Waals surface area contributed by atoms with Crippen molar-refractivity contribution in [3.8, 4) is 11.8 Å². The first-order chi connectivity index (χ1) is 10.1. The Morgan fingerprint density at radius 2 is 2.10 bits per heavy atom. The third-order valence-corrected chi connectivity index (χ3v) is 3.93. The van der Waals surface area contributed by atoms with Crippen LogP contribution in [0.4, 0.5) is 0 Å². The van der Waals surface area contributed by atoms with Crippen molar-refractivity contribution in [2.75, 3.05) is 33.7 Å². The molecule has 0 unspecified atom stereocenters. The summed E-state index contributed by atoms with van der Waals surface area (Å²) in [5.41, 5.74) is 6.93. The molecule has 0 atom stereocenters. The Balaban J connectivity index is 2.04. The van der Waals surface area contributed by atoms with E-state index in [4.69, 9.17) is 5.73 Å². The van der Waals surface area contributed by atoms with E-state index in [1.54, 1.807) is 0 Å². The molecule has 0 aliphatic carbocycles. The zero-order valence-electron chi connectivity index (χ0n) is 12.8. The molecule has 21 heavy (non-hydrogen) atoms. The molecule has 2 N–H and O–H groups in total. The molecule has 0 radical (unpaired) electrons. The number of benzene rings is 1. The summed E-state index contributed by atoms with van der Waals surface area (Å²) < 4.78 is 0. The molecule has 0 saturated carbocycles. The van der Waals surface area contributed by atoms with Crippen LogP contribution >= 0.6 is 0 Å². The van der Waals surface area contributed by atoms with E-state index in [1.807, 2.05) is 29.2 Å². The molecule has 1 aliphatic heterocycles. The minimum absolute atomic E-state index is 0.101. The van der Waals surface area contributed by atoms with Crippen LogP contribution in [0.15, 0.2) is 24.3 Å². The van der Waals surface area contributed by atoms with E-state index in [0.717, 1.165) is 31.5 Å². The summed E-state index contributed by atoms with van der Waals surface area (Å²) in [5, 5.41) is 0. The van der Waals surface area contributed by atoms with Gasteiger partial charge in [0.25, 0.3) is 5.91 Å². The zero-order valence-corrected chi connectivity index (χ0v) is 12.8. The number of nitrogens with zero attached hydrogens (tertiary/aromatic N) is 2. The number of carbonyl (C=O) groups is 1. The van der Waals surface area contributed by atoms with Crippen molar-refractivity contribution in [1.29, 1.82) is 0 Å². The normalized spacial score (nSPS) is 15.7. The second-order valence-electron chi connectivity index (χ2n) is 5.57. The van der Waals surface area contributed by atoms with E-state index in [0.29, 0.717) is 18.2 Å². The van der Waals surface area contributed by atoms with E-state index in [1.165, 1.54) is 0 Å². The summed E-state index contributed by atoms with van der Waals surface area (Å²) in [7, 11) is 4.20. The maximum atomic E-state index is 12.5. The highest BCUT2D eigenvalue weighted by Gasteiger charge is 2.24. The number of hydrogen-bond donors (Lipinski definition) is 1. The number of rotatable bonds is 2. The Labute approximate surface area is 126 Å². The van der Waals surface area contributed by atoms with Crippen molar-refractivity contribution in [1.82, 2.24) is 9.80 Å². The second kappa shape index (κ2) is 7.26. The van der Waals surface area contributed by atoms with Crippen molar-refractivity contribution < 1.29 is 4.79 Å². The summed E-state index contributed by atoms with van der Waals surface area (Å²) in [4.78, 5) is 16.7. The quantitative estimate of drug-likeness (QED) is 0.830. The minimum atomic E-state index is 0.101. The van der Waals surface area contributed by atoms with Crippen LogP contribution < -0.4 is 5.73 Å². The van der Waals surface area contributed by atoms with Gasteiger partial charge in [-0.1, -0.05) is 17.9 Å². The molecule has 112 valence electrons. The molecule has 1 aliphatic rings. The Morgan fingerprint density at radius 3 is 2.71 bits per heavy atom. The fourth-order valence-corrected chi connectivity index (χ4v) is 2.65. The standard InChI is InChI=1S/C17H23N3O/c1-19(2)16-8-11-20(12-9-16)17(21)15-7-3-5-14(13-15)6-4-10-18/h3,5,7,13,16H,8-12,18H2,1-2H3. The number of carbonyl (C=O) groups excluding carboxylic acids is 1. The molecule has 1 saturated heterocycles. The Hall–Kier alpha value is -1.83. The second-order valence-corrected chi connectivity index (χ2v) is 5.57. The molecule has 1 amide bonds. The first kappa shape index (κ1) is 15.6. The van der Waals surface area contributed by atoms with Crippen molar-refractivity contribution in [2.45, 2.75) is 18.9 Å². The van der Waals surface area contributed by atoms with Gasteiger partial charge >= 0.3 is 0 Å². The van der Waals surface area contributed by atoms with Gasteiger partial charge in [-0.05, 0) is 45.1 Å². The van der Waals surface area contributed by atoms with Crippen LogP contribution in [0.3, 0.4) is 0 Å². The van der Waals surface area contributed by atoms with Crippen LogP contribution in [-0.2, 0) is 0 Å². The fourth-order valence-electron chi connectivity index (χ4n) is 2.65. The summed E-state index contributed by atoms with van der Waals surface area (Å²) in [5.74, 6) is 5.89. The van der Waals surface area contributed by atoms with Crippen LogP contribution in [0.2, 0.25) is 0 Å². The summed E-state index contributed by atoms with van der Waals surface area (Å²) >= 11 is 0. The SMILES string of the molecule is CN(C)C1CCN(C(=O)c2cccc(C#CCN)c2)CC1. The van der Waals surface area contributed by atoms with E-state index >= 15 is 0 Å². The first-order valence-electron chi connectivity index (χ1n) is 7.36. The lowest BCUT2D eigenvalue weighted by molar-refractivity contribution is 0.0663. The molecule has 1 heterocycles. The molecule has 0 bridgehead atoms. The van der Waals surface area contributed by atoms with Crippen LogP contribution in [0.1, 0.15) is 28.8 Å². The lowest BCUT2D eigenvalue weighted by Gasteiger charge is -2.35. The van der Waals surface area contributed by atoms with Crippen molar-refractivity contribution in [3.63, 3.8) is 0 Å². The Morgan fingerprint density at radius 1 is 1.38 bits per heavy atom. The maximum Gasteiger partial charge on any atom is 0.253 e. The largest absolute Gasteiger partial charge is 0.339 e. The molecule has 1 aromatic carbocycles. The molecule has 2 rings (SSSR count). The van der Waals surface area contributed by atoms with Gasteiger partial charge in [-0.25, -0.2) is 0 Å². The topological polar surface area (TPSA) is 49.6 Å². The van der Waals surface area contributed by atoms with Gasteiger partial charge in [-0.15, -0.1) is 0 Å². The highest BCUT2D eigenvalue weighted by atomic mass is 16.2. The van der Waals surface area contributed by atoms with E-state index in [9.17, 15) is 4.79 Å². The van der Waals surface area contributed by atoms with Crippen molar-refractivity contribution in [3.05, 3.63) is 35.4 Å². The third-order valence-electron chi connectivity index (χ3n) is 3.93. The van der Waals surface area contributed by atoms with Gasteiger partial charge < -0.3 is 15.5 Å². The molecule has 1 fully saturated rings. The van der Waals surface area contributed by atoms with Crippen LogP contribution in [0.5, 0.6) is 0 Å². The highest BCUT2D eigenvalue weighted by molar-refractivity contribution is 5.94. The van der Waals surface area contributed by atoms with E-state index < -0.39 is 0 Å². The predicted octanol–water partition coefficient (Wildman–Crippen LogP) is 1.16. The van der Waals surface area contributed by atoms with Gasteiger partial charge in [0, 0.05) is 30.3 Å². The molecule has 0 aromatic heterocycles. The highest BCUT2D eigenvalue weighted by Crippen LogP contribution is 2.17. The van der Waals surface area contributed by atoms with Gasteiger partial charge in [0.05, 0.1) is 6.54 Å². The van der Waals surface area contributed by atoms with Crippen LogP contribution in [-0.4, -0.2) is 55.5 Å². The monoisotopic (exact) mass is 285 g/mol. The Kier molecular flexibility index (Phi) is 5.38. The van der Waals surface area contributed by atoms with Crippen LogP contribution in [0, 0.1) is 11.8 Å². The molecular weight excluding hydrogens is 262 g/mol. The lowest BCUT2D eigenvalue weighted by Crippen LogP contribution is -2.44. The maximum absolute atomic E-state index is 12.5. The number of nitrogens with two attached hydrogens (primary N) is 1. The molecule has 4 heteroatoms. The number of likely N-dealkylation sites (tertiary alicyclic amines) is 1. The van der Waals surface area contributed by atoms with Gasteiger partial charge in [-0.2, -0.15) is 0 Å². The molecule has 0 spiro atoms.